The molecule has 168 valence electrons. The Hall–Kier alpha value is -2.88. The minimum atomic E-state index is -2.74. The highest BCUT2D eigenvalue weighted by atomic mass is 32.1. The molecule has 2 amide bonds. The summed E-state index contributed by atoms with van der Waals surface area (Å²) in [5.74, 6) is -0.980. The van der Waals surface area contributed by atoms with Crippen molar-refractivity contribution in [2.24, 2.45) is 5.73 Å². The van der Waals surface area contributed by atoms with Gasteiger partial charge < -0.3 is 11.1 Å². The normalized spacial score (nSPS) is 16.6. The van der Waals surface area contributed by atoms with Gasteiger partial charge in [0.2, 0.25) is 0 Å². The van der Waals surface area contributed by atoms with Gasteiger partial charge in [-0.15, -0.1) is 11.3 Å². The quantitative estimate of drug-likeness (QED) is 0.581. The third kappa shape index (κ3) is 3.76. The molecule has 0 unspecified atom stereocenters. The van der Waals surface area contributed by atoms with Crippen LogP contribution in [-0.2, 0) is 12.8 Å². The molecular formula is C22H23F2N5O2S. The lowest BCUT2D eigenvalue weighted by Crippen LogP contribution is -2.18. The fourth-order valence-corrected chi connectivity index (χ4v) is 5.64. The highest BCUT2D eigenvalue weighted by molar-refractivity contribution is 7.17. The van der Waals surface area contributed by atoms with Crippen LogP contribution in [0, 0.1) is 0 Å². The molecule has 1 fully saturated rings. The largest absolute Gasteiger partial charge is 0.365 e. The molecule has 10 heteroatoms. The first kappa shape index (κ1) is 21.0. The Labute approximate surface area is 187 Å². The Balaban J connectivity index is 1.53. The Morgan fingerprint density at radius 1 is 1.19 bits per heavy atom. The van der Waals surface area contributed by atoms with Gasteiger partial charge >= 0.3 is 0 Å². The zero-order valence-electron chi connectivity index (χ0n) is 17.4. The molecule has 0 radical (unpaired) electrons. The lowest BCUT2D eigenvalue weighted by atomic mass is 9.96. The second-order valence-corrected chi connectivity index (χ2v) is 9.52. The second-order valence-electron chi connectivity index (χ2n) is 8.42. The summed E-state index contributed by atoms with van der Waals surface area (Å²) in [7, 11) is 0. The van der Waals surface area contributed by atoms with E-state index >= 15 is 0 Å². The minimum absolute atomic E-state index is 0.0886. The molecule has 3 aromatic heterocycles. The molecular weight excluding hydrogens is 436 g/mol. The number of carbonyl (C=O) groups is 2. The van der Waals surface area contributed by atoms with Gasteiger partial charge in [0.25, 0.3) is 18.2 Å². The van der Waals surface area contributed by atoms with Crippen molar-refractivity contribution in [1.82, 2.24) is 14.6 Å². The molecule has 1 saturated carbocycles. The van der Waals surface area contributed by atoms with Crippen molar-refractivity contribution in [2.75, 3.05) is 5.32 Å². The first-order valence-corrected chi connectivity index (χ1v) is 11.7. The number of aromatic nitrogens is 3. The fourth-order valence-electron chi connectivity index (χ4n) is 4.35. The predicted molar refractivity (Wildman–Crippen MR) is 117 cm³/mol. The third-order valence-electron chi connectivity index (χ3n) is 6.13. The number of hydrogen-bond donors (Lipinski definition) is 2. The maximum atomic E-state index is 13.6. The molecule has 7 nitrogen and oxygen atoms in total. The summed E-state index contributed by atoms with van der Waals surface area (Å²) in [6.45, 7) is 0. The number of fused-ring (bicyclic) bond motifs is 2. The lowest BCUT2D eigenvalue weighted by molar-refractivity contribution is 0.100. The molecule has 0 bridgehead atoms. The molecule has 0 spiro atoms. The van der Waals surface area contributed by atoms with Crippen LogP contribution in [0.1, 0.15) is 93.4 Å². The SMILES string of the molecule is NC(=O)c1c(NC(=O)c2cnn3c(C(F)F)cc(C4CC4)nc23)sc2c1CCCCCC2. The number of nitrogens with two attached hydrogens (primary N) is 1. The van der Waals surface area contributed by atoms with Crippen LogP contribution >= 0.6 is 11.3 Å². The molecule has 0 saturated heterocycles. The molecule has 2 aliphatic rings. The van der Waals surface area contributed by atoms with Crippen molar-refractivity contribution < 1.29 is 18.4 Å². The molecule has 0 atom stereocenters. The third-order valence-corrected chi connectivity index (χ3v) is 7.33. The van der Waals surface area contributed by atoms with Crippen LogP contribution in [0.4, 0.5) is 13.8 Å². The number of anilines is 1. The number of alkyl halides is 2. The van der Waals surface area contributed by atoms with E-state index < -0.39 is 18.2 Å². The van der Waals surface area contributed by atoms with E-state index in [0.29, 0.717) is 16.3 Å². The van der Waals surface area contributed by atoms with E-state index in [0.717, 1.165) is 66.3 Å². The van der Waals surface area contributed by atoms with Crippen LogP contribution in [0.5, 0.6) is 0 Å². The summed E-state index contributed by atoms with van der Waals surface area (Å²) in [5, 5.41) is 7.20. The van der Waals surface area contributed by atoms with E-state index in [1.54, 1.807) is 0 Å². The Morgan fingerprint density at radius 2 is 1.94 bits per heavy atom. The molecule has 3 aromatic rings. The Kier molecular flexibility index (Phi) is 5.40. The summed E-state index contributed by atoms with van der Waals surface area (Å²) < 4.78 is 28.3. The van der Waals surface area contributed by atoms with Gasteiger partial charge in [-0.25, -0.2) is 18.3 Å². The Morgan fingerprint density at radius 3 is 2.62 bits per heavy atom. The number of amides is 2. The first-order valence-electron chi connectivity index (χ1n) is 10.9. The number of aryl methyl sites for hydroxylation is 1. The van der Waals surface area contributed by atoms with Gasteiger partial charge in [0.1, 0.15) is 16.3 Å². The molecule has 5 rings (SSSR count). The van der Waals surface area contributed by atoms with Crippen molar-refractivity contribution >= 4 is 33.8 Å². The van der Waals surface area contributed by atoms with Crippen LogP contribution in [-0.4, -0.2) is 26.4 Å². The molecule has 0 aromatic carbocycles. The van der Waals surface area contributed by atoms with E-state index in [4.69, 9.17) is 5.73 Å². The second kappa shape index (κ2) is 8.23. The summed E-state index contributed by atoms with van der Waals surface area (Å²) >= 11 is 1.37. The zero-order valence-corrected chi connectivity index (χ0v) is 18.2. The molecule has 32 heavy (non-hydrogen) atoms. The first-order chi connectivity index (χ1) is 15.4. The summed E-state index contributed by atoms with van der Waals surface area (Å²) in [6.07, 6.45) is 6.10. The van der Waals surface area contributed by atoms with E-state index in [2.05, 4.69) is 15.4 Å². The highest BCUT2D eigenvalue weighted by Crippen LogP contribution is 2.41. The van der Waals surface area contributed by atoms with Crippen molar-refractivity contribution in [3.63, 3.8) is 0 Å². The predicted octanol–water partition coefficient (Wildman–Crippen LogP) is 4.62. The monoisotopic (exact) mass is 459 g/mol. The van der Waals surface area contributed by atoms with Gasteiger partial charge in [0.05, 0.1) is 11.8 Å². The van der Waals surface area contributed by atoms with Crippen molar-refractivity contribution in [3.8, 4) is 0 Å². The van der Waals surface area contributed by atoms with Crippen LogP contribution < -0.4 is 11.1 Å². The lowest BCUT2D eigenvalue weighted by Gasteiger charge is -2.10. The standard InChI is InChI=1S/C22H23F2N5O2S/c23-18(24)15-9-14(11-7-8-11)27-20-13(10-26-29(15)20)21(31)28-22-17(19(25)30)12-5-3-1-2-4-6-16(12)32-22/h9-11,18H,1-8H2,(H2,25,30)(H,28,31). The van der Waals surface area contributed by atoms with E-state index in [1.807, 2.05) is 0 Å². The topological polar surface area (TPSA) is 102 Å². The maximum absolute atomic E-state index is 13.6. The van der Waals surface area contributed by atoms with Crippen molar-refractivity contribution in [1.29, 1.82) is 0 Å². The average Bonchev–Trinajstić information content (AvgIpc) is 3.41. The van der Waals surface area contributed by atoms with Gasteiger partial charge in [-0.3, -0.25) is 9.59 Å². The average molecular weight is 460 g/mol. The molecule has 3 heterocycles. The number of halogens is 2. The number of thiophene rings is 1. The summed E-state index contributed by atoms with van der Waals surface area (Å²) in [6, 6.07) is 1.37. The van der Waals surface area contributed by atoms with Gasteiger partial charge in [-0.1, -0.05) is 12.8 Å². The number of nitrogens with one attached hydrogen (secondary N) is 1. The van der Waals surface area contributed by atoms with Crippen LogP contribution in [0.25, 0.3) is 5.65 Å². The number of hydrogen-bond acceptors (Lipinski definition) is 5. The Bertz CT molecular complexity index is 1210. The van der Waals surface area contributed by atoms with Gasteiger partial charge in [-0.2, -0.15) is 5.10 Å². The van der Waals surface area contributed by atoms with Crippen LogP contribution in [0.3, 0.4) is 0 Å². The minimum Gasteiger partial charge on any atom is -0.365 e. The van der Waals surface area contributed by atoms with Gasteiger partial charge in [0, 0.05) is 16.5 Å². The van der Waals surface area contributed by atoms with Crippen molar-refractivity contribution in [3.05, 3.63) is 45.2 Å². The summed E-state index contributed by atoms with van der Waals surface area (Å²) in [5.41, 5.74) is 7.41. The summed E-state index contributed by atoms with van der Waals surface area (Å²) in [4.78, 5) is 30.9. The van der Waals surface area contributed by atoms with Gasteiger partial charge in [0.15, 0.2) is 5.65 Å². The van der Waals surface area contributed by atoms with Crippen molar-refractivity contribution in [2.45, 2.75) is 63.7 Å². The zero-order chi connectivity index (χ0) is 22.4. The van der Waals surface area contributed by atoms with Crippen LogP contribution in [0.15, 0.2) is 12.3 Å². The highest BCUT2D eigenvalue weighted by Gasteiger charge is 2.30. The molecule has 3 N–H and O–H groups in total. The van der Waals surface area contributed by atoms with Crippen LogP contribution in [0.2, 0.25) is 0 Å². The number of nitrogens with zero attached hydrogens (tertiary/aromatic N) is 3. The number of primary amides is 1. The van der Waals surface area contributed by atoms with E-state index in [9.17, 15) is 18.4 Å². The number of carbonyl (C=O) groups excluding carboxylic acids is 2. The molecule has 0 aliphatic heterocycles. The molecule has 2 aliphatic carbocycles. The van der Waals surface area contributed by atoms with E-state index in [-0.39, 0.29) is 22.8 Å². The fraction of sp³-hybridized carbons (Fsp3) is 0.455. The number of rotatable bonds is 5. The maximum Gasteiger partial charge on any atom is 0.280 e. The smallest absolute Gasteiger partial charge is 0.280 e. The van der Waals surface area contributed by atoms with E-state index in [1.165, 1.54) is 23.6 Å². The van der Waals surface area contributed by atoms with Gasteiger partial charge in [-0.05, 0) is 50.2 Å².